The van der Waals surface area contributed by atoms with Gasteiger partial charge in [-0.3, -0.25) is 0 Å². The summed E-state index contributed by atoms with van der Waals surface area (Å²) < 4.78 is 1.66. The number of carboxylic acids is 1. The fourth-order valence-corrected chi connectivity index (χ4v) is 2.61. The highest BCUT2D eigenvalue weighted by Crippen LogP contribution is 2.29. The third-order valence-electron chi connectivity index (χ3n) is 3.95. The van der Waals surface area contributed by atoms with E-state index < -0.39 is 5.97 Å². The summed E-state index contributed by atoms with van der Waals surface area (Å²) in [6.07, 6.45) is 2.25. The molecule has 2 N–H and O–H groups in total. The van der Waals surface area contributed by atoms with Crippen LogP contribution >= 0.6 is 0 Å². The van der Waals surface area contributed by atoms with Gasteiger partial charge in [-0.2, -0.15) is 9.61 Å². The quantitative estimate of drug-likeness (QED) is 0.769. The van der Waals surface area contributed by atoms with Gasteiger partial charge < -0.3 is 10.4 Å². The van der Waals surface area contributed by atoms with Crippen molar-refractivity contribution in [3.8, 4) is 0 Å². The van der Waals surface area contributed by atoms with Crippen molar-refractivity contribution in [3.05, 3.63) is 29.2 Å². The number of aromatic nitrogens is 4. The molecule has 0 bridgehead atoms. The summed E-state index contributed by atoms with van der Waals surface area (Å²) in [6.45, 7) is 7.80. The van der Waals surface area contributed by atoms with Crippen LogP contribution in [0.25, 0.3) is 16.7 Å². The lowest BCUT2D eigenvalue weighted by atomic mass is 10.1. The highest BCUT2D eigenvalue weighted by molar-refractivity contribution is 6.04. The summed E-state index contributed by atoms with van der Waals surface area (Å²) in [5.74, 6) is -1.01. The van der Waals surface area contributed by atoms with E-state index in [1.54, 1.807) is 4.52 Å². The molecule has 0 saturated heterocycles. The summed E-state index contributed by atoms with van der Waals surface area (Å²) in [7, 11) is 0. The molecule has 7 heteroatoms. The van der Waals surface area contributed by atoms with Crippen LogP contribution in [0.3, 0.4) is 0 Å². The normalized spacial score (nSPS) is 12.7. The molecule has 0 aliphatic rings. The number of aromatic carboxylic acids is 1. The number of carbonyl (C=O) groups is 1. The first-order valence-corrected chi connectivity index (χ1v) is 7.57. The topological polar surface area (TPSA) is 92.4 Å². The molecule has 0 aromatic carbocycles. The molecule has 0 aliphatic carbocycles. The second kappa shape index (κ2) is 5.49. The zero-order valence-corrected chi connectivity index (χ0v) is 13.6. The van der Waals surface area contributed by atoms with Crippen LogP contribution in [0.1, 0.15) is 42.0 Å². The van der Waals surface area contributed by atoms with E-state index in [2.05, 4.69) is 20.4 Å². The molecule has 3 rings (SSSR count). The second-order valence-electron chi connectivity index (χ2n) is 5.76. The molecule has 120 valence electrons. The lowest BCUT2D eigenvalue weighted by molar-refractivity contribution is 0.0697. The van der Waals surface area contributed by atoms with Crippen LogP contribution in [0.15, 0.2) is 12.3 Å². The maximum Gasteiger partial charge on any atom is 0.339 e. The average Bonchev–Trinajstić information content (AvgIpc) is 2.87. The molecule has 0 radical (unpaired) electrons. The van der Waals surface area contributed by atoms with E-state index in [1.807, 2.05) is 33.8 Å². The Hall–Kier alpha value is -2.70. The predicted molar refractivity (Wildman–Crippen MR) is 88.1 cm³/mol. The van der Waals surface area contributed by atoms with Gasteiger partial charge in [0.25, 0.3) is 0 Å². The molecule has 3 aromatic rings. The number of anilines is 1. The average molecular weight is 313 g/mol. The third kappa shape index (κ3) is 2.48. The minimum atomic E-state index is -1.01. The summed E-state index contributed by atoms with van der Waals surface area (Å²) in [5.41, 5.74) is 3.58. The molecule has 0 fully saturated rings. The highest BCUT2D eigenvalue weighted by Gasteiger charge is 2.20. The number of pyridine rings is 1. The van der Waals surface area contributed by atoms with Gasteiger partial charge in [0.15, 0.2) is 11.3 Å². The van der Waals surface area contributed by atoms with E-state index in [0.717, 1.165) is 17.8 Å². The van der Waals surface area contributed by atoms with Crippen molar-refractivity contribution in [3.63, 3.8) is 0 Å². The first kappa shape index (κ1) is 15.2. The number of fused-ring (bicyclic) bond motifs is 3. The number of carboxylic acid groups (broad SMARTS) is 1. The maximum absolute atomic E-state index is 11.6. The largest absolute Gasteiger partial charge is 0.478 e. The van der Waals surface area contributed by atoms with E-state index in [4.69, 9.17) is 0 Å². The monoisotopic (exact) mass is 313 g/mol. The van der Waals surface area contributed by atoms with Crippen molar-refractivity contribution in [2.45, 2.75) is 40.2 Å². The van der Waals surface area contributed by atoms with Gasteiger partial charge >= 0.3 is 5.97 Å². The Morgan fingerprint density at radius 1 is 1.43 bits per heavy atom. The van der Waals surface area contributed by atoms with Crippen LogP contribution < -0.4 is 5.32 Å². The van der Waals surface area contributed by atoms with Crippen LogP contribution in [0.4, 0.5) is 5.69 Å². The molecule has 3 heterocycles. The lowest BCUT2D eigenvalue weighted by Gasteiger charge is -2.18. The molecule has 7 nitrogen and oxygen atoms in total. The number of nitrogens with one attached hydrogen (secondary N) is 1. The zero-order valence-electron chi connectivity index (χ0n) is 13.6. The third-order valence-corrected chi connectivity index (χ3v) is 3.95. The van der Waals surface area contributed by atoms with E-state index in [9.17, 15) is 9.90 Å². The maximum atomic E-state index is 11.6. The molecule has 0 amide bonds. The van der Waals surface area contributed by atoms with E-state index in [0.29, 0.717) is 22.4 Å². The summed E-state index contributed by atoms with van der Waals surface area (Å²) in [4.78, 5) is 20.5. The Bertz CT molecular complexity index is 916. The first-order chi connectivity index (χ1) is 10.9. The van der Waals surface area contributed by atoms with Gasteiger partial charge in [0.2, 0.25) is 0 Å². The van der Waals surface area contributed by atoms with Gasteiger partial charge in [-0.15, -0.1) is 0 Å². The lowest BCUT2D eigenvalue weighted by Crippen LogP contribution is -2.18. The molecule has 0 spiro atoms. The van der Waals surface area contributed by atoms with Crippen LogP contribution in [0, 0.1) is 13.8 Å². The number of hydrogen-bond acceptors (Lipinski definition) is 5. The van der Waals surface area contributed by atoms with Crippen LogP contribution in [-0.4, -0.2) is 36.7 Å². The van der Waals surface area contributed by atoms with E-state index in [1.165, 1.54) is 6.20 Å². The Balaban J connectivity index is 2.41. The standard InChI is InChI=1S/C16H19N5O2/c1-5-8(2)18-14-11(16(22)23)7-17-15-13(14)10(4)19-12-6-9(3)20-21(12)15/h6-8H,5H2,1-4H3,(H,17,18)(H,22,23). The van der Waals surface area contributed by atoms with Gasteiger partial charge in [-0.05, 0) is 27.2 Å². The number of aryl methyl sites for hydroxylation is 2. The Kier molecular flexibility index (Phi) is 3.63. The molecular formula is C16H19N5O2. The zero-order chi connectivity index (χ0) is 16.7. The van der Waals surface area contributed by atoms with Crippen molar-refractivity contribution >= 4 is 28.3 Å². The molecular weight excluding hydrogens is 294 g/mol. The summed E-state index contributed by atoms with van der Waals surface area (Å²) in [5, 5.41) is 17.9. The van der Waals surface area contributed by atoms with Crippen molar-refractivity contribution in [1.82, 2.24) is 19.6 Å². The summed E-state index contributed by atoms with van der Waals surface area (Å²) in [6, 6.07) is 2.01. The first-order valence-electron chi connectivity index (χ1n) is 7.57. The molecule has 23 heavy (non-hydrogen) atoms. The molecule has 0 saturated carbocycles. The smallest absolute Gasteiger partial charge is 0.339 e. The minimum absolute atomic E-state index is 0.133. The SMILES string of the molecule is CCC(C)Nc1c(C(=O)O)cnc2c1c(C)nc1cc(C)nn12. The molecule has 1 atom stereocenters. The summed E-state index contributed by atoms with van der Waals surface area (Å²) >= 11 is 0. The Morgan fingerprint density at radius 2 is 2.17 bits per heavy atom. The van der Waals surface area contributed by atoms with Crippen LogP contribution in [-0.2, 0) is 0 Å². The number of rotatable bonds is 4. The van der Waals surface area contributed by atoms with Gasteiger partial charge in [0.1, 0.15) is 5.56 Å². The van der Waals surface area contributed by atoms with Crippen molar-refractivity contribution in [2.75, 3.05) is 5.32 Å². The highest BCUT2D eigenvalue weighted by atomic mass is 16.4. The molecule has 1 unspecified atom stereocenters. The van der Waals surface area contributed by atoms with Crippen molar-refractivity contribution in [2.24, 2.45) is 0 Å². The predicted octanol–water partition coefficient (Wildman–Crippen LogP) is 2.80. The van der Waals surface area contributed by atoms with Crippen LogP contribution in [0.5, 0.6) is 0 Å². The van der Waals surface area contributed by atoms with Crippen LogP contribution in [0.2, 0.25) is 0 Å². The van der Waals surface area contributed by atoms with Gasteiger partial charge in [0, 0.05) is 18.3 Å². The van der Waals surface area contributed by atoms with E-state index in [-0.39, 0.29) is 11.6 Å². The van der Waals surface area contributed by atoms with Gasteiger partial charge in [0.05, 0.1) is 22.5 Å². The van der Waals surface area contributed by atoms with E-state index >= 15 is 0 Å². The molecule has 3 aromatic heterocycles. The van der Waals surface area contributed by atoms with Crippen molar-refractivity contribution < 1.29 is 9.90 Å². The van der Waals surface area contributed by atoms with Gasteiger partial charge in [-0.1, -0.05) is 6.92 Å². The Morgan fingerprint density at radius 3 is 2.83 bits per heavy atom. The van der Waals surface area contributed by atoms with Crippen molar-refractivity contribution in [1.29, 1.82) is 0 Å². The minimum Gasteiger partial charge on any atom is -0.478 e. The number of hydrogen-bond donors (Lipinski definition) is 2. The molecule has 0 aliphatic heterocycles. The Labute approximate surface area is 133 Å². The number of nitrogens with zero attached hydrogens (tertiary/aromatic N) is 4. The van der Waals surface area contributed by atoms with Gasteiger partial charge in [-0.25, -0.2) is 14.8 Å². The fraction of sp³-hybridized carbons (Fsp3) is 0.375. The fourth-order valence-electron chi connectivity index (χ4n) is 2.61. The second-order valence-corrected chi connectivity index (χ2v) is 5.76.